The van der Waals surface area contributed by atoms with E-state index in [0.29, 0.717) is 11.4 Å². The average molecular weight is 433 g/mol. The summed E-state index contributed by atoms with van der Waals surface area (Å²) < 4.78 is 36.8. The summed E-state index contributed by atoms with van der Waals surface area (Å²) in [5.74, 6) is 0.323. The van der Waals surface area contributed by atoms with Gasteiger partial charge in [0.25, 0.3) is 16.4 Å². The summed E-state index contributed by atoms with van der Waals surface area (Å²) in [6, 6.07) is 14.7. The first-order valence-electron chi connectivity index (χ1n) is 9.04. The van der Waals surface area contributed by atoms with Crippen LogP contribution in [0, 0.1) is 0 Å². The Bertz CT molecular complexity index is 1070. The van der Waals surface area contributed by atoms with Crippen molar-refractivity contribution in [3.63, 3.8) is 0 Å². The van der Waals surface area contributed by atoms with Gasteiger partial charge in [0.1, 0.15) is 12.1 Å². The van der Waals surface area contributed by atoms with E-state index in [9.17, 15) is 13.5 Å². The number of hydrogen-bond donors (Lipinski definition) is 2. The fourth-order valence-corrected chi connectivity index (χ4v) is 4.94. The van der Waals surface area contributed by atoms with Crippen LogP contribution in [0.2, 0.25) is 0 Å². The van der Waals surface area contributed by atoms with Crippen LogP contribution in [0.5, 0.6) is 5.75 Å². The fraction of sp³-hybridized carbons (Fsp3) is 0.263. The molecular formula is C19H20N4O4S2. The molecule has 152 valence electrons. The molecule has 2 atom stereocenters. The third-order valence-corrected chi connectivity index (χ3v) is 6.79. The maximum Gasteiger partial charge on any atom is 0.281 e. The lowest BCUT2D eigenvalue weighted by atomic mass is 10.1. The fourth-order valence-electron chi connectivity index (χ4n) is 3.27. The quantitative estimate of drug-likeness (QED) is 0.591. The van der Waals surface area contributed by atoms with E-state index in [0.717, 1.165) is 24.4 Å². The predicted molar refractivity (Wildman–Crippen MR) is 110 cm³/mol. The number of sulfonamides is 1. The first-order valence-corrected chi connectivity index (χ1v) is 11.3. The lowest BCUT2D eigenvalue weighted by Gasteiger charge is -2.28. The molecule has 3 aromatic rings. The number of anilines is 2. The van der Waals surface area contributed by atoms with Crippen LogP contribution in [-0.2, 0) is 16.4 Å². The first-order chi connectivity index (χ1) is 13.9. The molecule has 0 aliphatic carbocycles. The van der Waals surface area contributed by atoms with Crippen LogP contribution in [0.1, 0.15) is 18.9 Å². The molecule has 29 heavy (non-hydrogen) atoms. The van der Waals surface area contributed by atoms with E-state index in [1.807, 2.05) is 25.1 Å². The van der Waals surface area contributed by atoms with Crippen LogP contribution in [0.4, 0.5) is 10.8 Å². The number of nitrogens with zero attached hydrogens (tertiary/aromatic N) is 3. The summed E-state index contributed by atoms with van der Waals surface area (Å²) in [4.78, 5) is 5.61. The van der Waals surface area contributed by atoms with E-state index < -0.39 is 16.4 Å². The molecule has 2 aromatic carbocycles. The predicted octanol–water partition coefficient (Wildman–Crippen LogP) is 2.83. The Hall–Kier alpha value is -2.69. The minimum absolute atomic E-state index is 0.00608. The second kappa shape index (κ2) is 7.97. The number of aliphatic hydroxyl groups excluding tert-OH is 1. The lowest BCUT2D eigenvalue weighted by molar-refractivity contribution is -0.00791. The molecule has 2 N–H and O–H groups in total. The van der Waals surface area contributed by atoms with E-state index in [1.165, 1.54) is 24.0 Å². The van der Waals surface area contributed by atoms with Crippen molar-refractivity contribution in [2.75, 3.05) is 9.62 Å². The Kier molecular flexibility index (Phi) is 5.39. The van der Waals surface area contributed by atoms with E-state index in [2.05, 4.69) is 26.2 Å². The molecule has 1 aliphatic rings. The Morgan fingerprint density at radius 2 is 2.07 bits per heavy atom. The highest BCUT2D eigenvalue weighted by molar-refractivity contribution is 7.93. The summed E-state index contributed by atoms with van der Waals surface area (Å²) >= 11 is 0.947. The van der Waals surface area contributed by atoms with Crippen molar-refractivity contribution in [1.82, 2.24) is 9.36 Å². The monoisotopic (exact) mass is 432 g/mol. The number of aliphatic hydroxyl groups is 1. The number of ether oxygens (including phenoxy) is 1. The van der Waals surface area contributed by atoms with Gasteiger partial charge in [0.2, 0.25) is 5.13 Å². The van der Waals surface area contributed by atoms with E-state index in [-0.39, 0.29) is 16.1 Å². The lowest BCUT2D eigenvalue weighted by Crippen LogP contribution is -2.41. The van der Waals surface area contributed by atoms with Crippen molar-refractivity contribution in [1.29, 1.82) is 0 Å². The van der Waals surface area contributed by atoms with Crippen LogP contribution in [0.15, 0.2) is 59.8 Å². The van der Waals surface area contributed by atoms with Crippen molar-refractivity contribution >= 4 is 32.4 Å². The molecule has 0 saturated heterocycles. The van der Waals surface area contributed by atoms with Gasteiger partial charge in [-0.3, -0.25) is 4.72 Å². The molecule has 1 aliphatic heterocycles. The highest BCUT2D eigenvalue weighted by atomic mass is 32.2. The Labute approximate surface area is 173 Å². The number of rotatable bonds is 7. The van der Waals surface area contributed by atoms with Crippen LogP contribution in [-0.4, -0.2) is 35.3 Å². The van der Waals surface area contributed by atoms with Gasteiger partial charge in [0, 0.05) is 23.6 Å². The molecule has 0 saturated carbocycles. The highest BCUT2D eigenvalue weighted by Gasteiger charge is 2.34. The van der Waals surface area contributed by atoms with Gasteiger partial charge in [-0.05, 0) is 37.5 Å². The maximum absolute atomic E-state index is 12.6. The van der Waals surface area contributed by atoms with E-state index in [1.54, 1.807) is 11.0 Å². The normalized spacial score (nSPS) is 16.9. The molecule has 0 radical (unpaired) electrons. The van der Waals surface area contributed by atoms with Crippen molar-refractivity contribution in [2.24, 2.45) is 0 Å². The van der Waals surface area contributed by atoms with E-state index >= 15 is 0 Å². The molecule has 1 aromatic heterocycles. The minimum Gasteiger partial charge on any atom is -0.444 e. The maximum atomic E-state index is 12.6. The van der Waals surface area contributed by atoms with Crippen LogP contribution >= 0.6 is 11.5 Å². The van der Waals surface area contributed by atoms with E-state index in [4.69, 9.17) is 4.74 Å². The zero-order valence-corrected chi connectivity index (χ0v) is 17.2. The summed E-state index contributed by atoms with van der Waals surface area (Å²) in [7, 11) is -3.83. The van der Waals surface area contributed by atoms with Gasteiger partial charge in [-0.2, -0.15) is 4.37 Å². The zero-order valence-electron chi connectivity index (χ0n) is 15.6. The minimum atomic E-state index is -3.83. The van der Waals surface area contributed by atoms with Gasteiger partial charge in [-0.25, -0.2) is 13.4 Å². The molecule has 8 nitrogen and oxygen atoms in total. The number of fused-ring (bicyclic) bond motifs is 1. The standard InChI is InChI=1S/C19H20N4O4S2/c1-13(7-8-14-5-3-2-4-6-14)23-16-10-9-15(11-17(16)27-19(23)24)29(25,26)22-18-20-12-21-28-18/h2-6,9-13,19,24H,7-8H2,1H3,(H,20,21,22). The topological polar surface area (TPSA) is 105 Å². The van der Waals surface area contributed by atoms with Gasteiger partial charge >= 0.3 is 0 Å². The van der Waals surface area contributed by atoms with Crippen molar-refractivity contribution in [2.45, 2.75) is 37.1 Å². The molecular weight excluding hydrogens is 412 g/mol. The van der Waals surface area contributed by atoms with Gasteiger partial charge < -0.3 is 14.7 Å². The molecule has 0 bridgehead atoms. The van der Waals surface area contributed by atoms with Crippen molar-refractivity contribution < 1.29 is 18.3 Å². The number of aromatic nitrogens is 2. The molecule has 0 spiro atoms. The number of hydrogen-bond acceptors (Lipinski definition) is 8. The number of nitrogens with one attached hydrogen (secondary N) is 1. The van der Waals surface area contributed by atoms with Crippen molar-refractivity contribution in [3.05, 3.63) is 60.4 Å². The average Bonchev–Trinajstić information content (AvgIpc) is 3.32. The zero-order chi connectivity index (χ0) is 20.4. The van der Waals surface area contributed by atoms with Gasteiger partial charge in [0.05, 0.1) is 10.6 Å². The third-order valence-electron chi connectivity index (χ3n) is 4.74. The van der Waals surface area contributed by atoms with Gasteiger partial charge in [-0.1, -0.05) is 30.3 Å². The van der Waals surface area contributed by atoms with Crippen LogP contribution in [0.3, 0.4) is 0 Å². The number of aryl methyl sites for hydroxylation is 1. The molecule has 0 fully saturated rings. The Morgan fingerprint density at radius 3 is 2.79 bits per heavy atom. The van der Waals surface area contributed by atoms with Gasteiger partial charge in [0.15, 0.2) is 0 Å². The summed E-state index contributed by atoms with van der Waals surface area (Å²) in [5, 5.41) is 10.6. The van der Waals surface area contributed by atoms with Crippen LogP contribution < -0.4 is 14.4 Å². The van der Waals surface area contributed by atoms with Crippen LogP contribution in [0.25, 0.3) is 0 Å². The van der Waals surface area contributed by atoms with Gasteiger partial charge in [-0.15, -0.1) is 0 Å². The second-order valence-corrected chi connectivity index (χ2v) is 9.17. The molecule has 2 unspecified atom stereocenters. The first kappa shape index (κ1) is 19.6. The third kappa shape index (κ3) is 4.19. The Balaban J connectivity index is 1.51. The van der Waals surface area contributed by atoms with Crippen molar-refractivity contribution in [3.8, 4) is 5.75 Å². The summed E-state index contributed by atoms with van der Waals surface area (Å²) in [6.07, 6.45) is 1.78. The largest absolute Gasteiger partial charge is 0.444 e. The molecule has 10 heteroatoms. The molecule has 2 heterocycles. The second-order valence-electron chi connectivity index (χ2n) is 6.71. The summed E-state index contributed by atoms with van der Waals surface area (Å²) in [5.41, 5.74) is 1.88. The summed E-state index contributed by atoms with van der Waals surface area (Å²) in [6.45, 7) is 2.01. The smallest absolute Gasteiger partial charge is 0.281 e. The highest BCUT2D eigenvalue weighted by Crippen LogP contribution is 2.40. The number of benzene rings is 2. The molecule has 0 amide bonds. The molecule has 4 rings (SSSR count). The Morgan fingerprint density at radius 1 is 1.28 bits per heavy atom. The SMILES string of the molecule is CC(CCc1ccccc1)N1c2ccc(S(=O)(=O)Nc3ncns3)cc2OC1O.